The first kappa shape index (κ1) is 29.4. The molecule has 2 N–H and O–H groups in total. The van der Waals surface area contributed by atoms with Gasteiger partial charge in [-0.1, -0.05) is 71.2 Å². The lowest BCUT2D eigenvalue weighted by molar-refractivity contribution is 0.0677. The van der Waals surface area contributed by atoms with E-state index < -0.39 is 18.2 Å². The van der Waals surface area contributed by atoms with E-state index in [1.807, 2.05) is 25.1 Å². The van der Waals surface area contributed by atoms with Gasteiger partial charge in [-0.3, -0.25) is 0 Å². The average Bonchev–Trinajstić information content (AvgIpc) is 3.44. The van der Waals surface area contributed by atoms with Gasteiger partial charge in [-0.05, 0) is 97.0 Å². The van der Waals surface area contributed by atoms with Gasteiger partial charge in [-0.25, -0.2) is 23.5 Å². The van der Waals surface area contributed by atoms with Crippen molar-refractivity contribution in [2.75, 3.05) is 0 Å². The van der Waals surface area contributed by atoms with Crippen LogP contribution in [0.4, 0.5) is 0 Å². The Bertz CT molecular complexity index is 1490. The maximum absolute atomic E-state index is 14.2. The Labute approximate surface area is 249 Å². The number of hydrogen-bond acceptors (Lipinski definition) is 4. The Balaban J connectivity index is 1.46. The Kier molecular flexibility index (Phi) is 7.80. The van der Waals surface area contributed by atoms with E-state index in [4.69, 9.17) is 0 Å². The Morgan fingerprint density at radius 2 is 1.69 bits per heavy atom. The SMILES string of the molecule is CC1=C([C@H]2C=C3C(CC[C@]4(C)[C@@H](C(C)CCCC(C)C)CC[C@@H]34)n3c(=O)n(-c4ccccc4)c(=O)n32)C[C@@H](O)C[C@@H]1O. The molecule has 0 spiro atoms. The fraction of sp³-hybridized carbons (Fsp3) is 0.657. The molecule has 1 aromatic carbocycles. The average molecular weight is 576 g/mol. The molecule has 8 atom stereocenters. The molecule has 0 bridgehead atoms. The standard InChI is InChI=1S/C35H49N3O4/c1-21(2)10-9-11-22(3)28-14-15-29-27-20-31(26-18-25(39)19-32(40)23(26)4)38-34(42)36(24-12-7-6-8-13-24)33(41)37(38)30(27)16-17-35(28,29)5/h6-8,12-13,20-22,25,28-32,39-40H,9-11,14-19H2,1-5H3/t22?,25-,28-,29+,30?,31-,32+,35-/m1/s1. The van der Waals surface area contributed by atoms with Gasteiger partial charge in [-0.2, -0.15) is 0 Å². The van der Waals surface area contributed by atoms with E-state index in [0.717, 1.165) is 36.3 Å². The van der Waals surface area contributed by atoms with E-state index in [9.17, 15) is 19.8 Å². The number of benzene rings is 1. The highest BCUT2D eigenvalue weighted by Crippen LogP contribution is 2.62. The minimum atomic E-state index is -0.758. The number of aromatic nitrogens is 3. The van der Waals surface area contributed by atoms with E-state index >= 15 is 0 Å². The van der Waals surface area contributed by atoms with Crippen molar-refractivity contribution in [3.05, 3.63) is 74.1 Å². The van der Waals surface area contributed by atoms with Crippen LogP contribution < -0.4 is 11.4 Å². The van der Waals surface area contributed by atoms with E-state index in [-0.39, 0.29) is 22.8 Å². The molecule has 7 nitrogen and oxygen atoms in total. The molecule has 2 aromatic rings. The number of aliphatic hydroxyl groups is 2. The molecular weight excluding hydrogens is 526 g/mol. The van der Waals surface area contributed by atoms with Crippen molar-refractivity contribution < 1.29 is 10.2 Å². The van der Waals surface area contributed by atoms with Crippen LogP contribution in [0.5, 0.6) is 0 Å². The van der Waals surface area contributed by atoms with Crippen LogP contribution in [0.3, 0.4) is 0 Å². The fourth-order valence-electron chi connectivity index (χ4n) is 9.30. The number of allylic oxidation sites excluding steroid dienone is 2. The molecule has 228 valence electrons. The molecule has 1 aliphatic heterocycles. The van der Waals surface area contributed by atoms with Gasteiger partial charge in [0, 0.05) is 6.42 Å². The third kappa shape index (κ3) is 4.71. The summed E-state index contributed by atoms with van der Waals surface area (Å²) in [5.74, 6) is 2.39. The second-order valence-electron chi connectivity index (χ2n) is 14.5. The van der Waals surface area contributed by atoms with Crippen LogP contribution in [0.1, 0.15) is 104 Å². The summed E-state index contributed by atoms with van der Waals surface area (Å²) < 4.78 is 4.68. The molecule has 0 radical (unpaired) electrons. The highest BCUT2D eigenvalue weighted by molar-refractivity contribution is 5.37. The van der Waals surface area contributed by atoms with Crippen LogP contribution >= 0.6 is 0 Å². The third-order valence-electron chi connectivity index (χ3n) is 11.5. The van der Waals surface area contributed by atoms with Crippen LogP contribution in [0, 0.1) is 29.1 Å². The van der Waals surface area contributed by atoms with E-state index in [1.54, 1.807) is 21.5 Å². The first-order valence-corrected chi connectivity index (χ1v) is 16.3. The van der Waals surface area contributed by atoms with Gasteiger partial charge >= 0.3 is 11.4 Å². The van der Waals surface area contributed by atoms with Crippen LogP contribution in [0.2, 0.25) is 0 Å². The van der Waals surface area contributed by atoms with E-state index in [2.05, 4.69) is 33.8 Å². The zero-order chi connectivity index (χ0) is 29.9. The summed E-state index contributed by atoms with van der Waals surface area (Å²) in [6.45, 7) is 11.5. The lowest BCUT2D eigenvalue weighted by Gasteiger charge is -2.49. The van der Waals surface area contributed by atoms with E-state index in [0.29, 0.717) is 36.3 Å². The maximum Gasteiger partial charge on any atom is 0.352 e. The van der Waals surface area contributed by atoms with Crippen molar-refractivity contribution >= 4 is 0 Å². The molecule has 7 heteroatoms. The van der Waals surface area contributed by atoms with Crippen molar-refractivity contribution in [2.45, 2.75) is 117 Å². The molecule has 2 unspecified atom stereocenters. The van der Waals surface area contributed by atoms with Crippen molar-refractivity contribution in [1.29, 1.82) is 0 Å². The topological polar surface area (TPSA) is 89.4 Å². The summed E-state index contributed by atoms with van der Waals surface area (Å²) in [6, 6.07) is 8.52. The Hall–Kier alpha value is -2.64. The summed E-state index contributed by atoms with van der Waals surface area (Å²) in [6.07, 6.45) is 9.50. The molecule has 2 heterocycles. The smallest absolute Gasteiger partial charge is 0.352 e. The van der Waals surface area contributed by atoms with Crippen LogP contribution in [-0.4, -0.2) is 36.4 Å². The van der Waals surface area contributed by atoms with Crippen LogP contribution in [-0.2, 0) is 0 Å². The molecule has 6 rings (SSSR count). The predicted octanol–water partition coefficient (Wildman–Crippen LogP) is 5.94. The summed E-state index contributed by atoms with van der Waals surface area (Å²) >= 11 is 0. The first-order chi connectivity index (χ1) is 20.0. The second-order valence-corrected chi connectivity index (χ2v) is 14.5. The number of aliphatic hydroxyl groups excluding tert-OH is 2. The van der Waals surface area contributed by atoms with Crippen LogP contribution in [0.15, 0.2) is 62.7 Å². The van der Waals surface area contributed by atoms with Gasteiger partial charge in [0.25, 0.3) is 0 Å². The highest BCUT2D eigenvalue weighted by atomic mass is 16.3. The molecule has 2 saturated carbocycles. The molecule has 42 heavy (non-hydrogen) atoms. The van der Waals surface area contributed by atoms with Gasteiger partial charge in [0.05, 0.1) is 30.0 Å². The first-order valence-electron chi connectivity index (χ1n) is 16.3. The van der Waals surface area contributed by atoms with Crippen molar-refractivity contribution in [3.8, 4) is 5.69 Å². The molecule has 1 aromatic heterocycles. The van der Waals surface area contributed by atoms with E-state index in [1.165, 1.54) is 35.8 Å². The number of nitrogens with zero attached hydrogens (tertiary/aromatic N) is 3. The Morgan fingerprint density at radius 3 is 2.40 bits per heavy atom. The molecule has 0 saturated heterocycles. The lowest BCUT2D eigenvalue weighted by Crippen LogP contribution is -2.46. The minimum absolute atomic E-state index is 0.154. The van der Waals surface area contributed by atoms with Gasteiger partial charge in [-0.15, -0.1) is 0 Å². The summed E-state index contributed by atoms with van der Waals surface area (Å²) in [5, 5.41) is 21.5. The number of rotatable bonds is 7. The zero-order valence-corrected chi connectivity index (χ0v) is 26.0. The lowest BCUT2D eigenvalue weighted by atomic mass is 9.59. The van der Waals surface area contributed by atoms with Gasteiger partial charge in [0.15, 0.2) is 0 Å². The van der Waals surface area contributed by atoms with Crippen molar-refractivity contribution in [1.82, 2.24) is 13.9 Å². The monoisotopic (exact) mass is 575 g/mol. The predicted molar refractivity (Wildman–Crippen MR) is 166 cm³/mol. The second kappa shape index (κ2) is 11.1. The van der Waals surface area contributed by atoms with Gasteiger partial charge < -0.3 is 10.2 Å². The summed E-state index contributed by atoms with van der Waals surface area (Å²) in [4.78, 5) is 28.3. The maximum atomic E-state index is 14.2. The largest absolute Gasteiger partial charge is 0.393 e. The Morgan fingerprint density at radius 1 is 0.976 bits per heavy atom. The van der Waals surface area contributed by atoms with Crippen LogP contribution in [0.25, 0.3) is 5.69 Å². The number of para-hydroxylation sites is 1. The van der Waals surface area contributed by atoms with Gasteiger partial charge in [0.2, 0.25) is 0 Å². The minimum Gasteiger partial charge on any atom is -0.393 e. The normalized spacial score (nSPS) is 33.3. The third-order valence-corrected chi connectivity index (χ3v) is 11.5. The molecule has 3 aliphatic carbocycles. The quantitative estimate of drug-likeness (QED) is 0.400. The zero-order valence-electron chi connectivity index (χ0n) is 26.0. The van der Waals surface area contributed by atoms with Gasteiger partial charge in [0.1, 0.15) is 0 Å². The number of fused-ring (bicyclic) bond motifs is 5. The molecule has 2 fully saturated rings. The highest BCUT2D eigenvalue weighted by Gasteiger charge is 2.55. The summed E-state index contributed by atoms with van der Waals surface area (Å²) in [5.41, 5.74) is 3.01. The molecule has 0 amide bonds. The number of hydrogen-bond donors (Lipinski definition) is 2. The van der Waals surface area contributed by atoms with Crippen molar-refractivity contribution in [3.63, 3.8) is 0 Å². The molecule has 4 aliphatic rings. The summed E-state index contributed by atoms with van der Waals surface area (Å²) in [7, 11) is 0. The fourth-order valence-corrected chi connectivity index (χ4v) is 9.30. The van der Waals surface area contributed by atoms with Crippen molar-refractivity contribution in [2.24, 2.45) is 29.1 Å². The molecular formula is C35H49N3O4.